The Morgan fingerprint density at radius 3 is 2.57 bits per heavy atom. The molecule has 7 heteroatoms. The molecule has 0 atom stereocenters. The lowest BCUT2D eigenvalue weighted by Gasteiger charge is -2.13. The highest BCUT2D eigenvalue weighted by Crippen LogP contribution is 2.38. The zero-order chi connectivity index (χ0) is 15.6. The molecule has 0 amide bonds. The van der Waals surface area contributed by atoms with Gasteiger partial charge in [0.05, 0.1) is 10.0 Å². The molecular weight excluding hydrogens is 399 g/mol. The van der Waals surface area contributed by atoms with Gasteiger partial charge in [0.1, 0.15) is 17.1 Å². The molecule has 2 aromatic rings. The summed E-state index contributed by atoms with van der Waals surface area (Å²) < 4.78 is 6.29. The van der Waals surface area contributed by atoms with Gasteiger partial charge in [0.15, 0.2) is 0 Å². The lowest BCUT2D eigenvalue weighted by molar-refractivity contribution is 0.0690. The molecule has 0 fully saturated rings. The molecule has 1 N–H and O–H groups in total. The summed E-state index contributed by atoms with van der Waals surface area (Å²) in [7, 11) is 0. The summed E-state index contributed by atoms with van der Waals surface area (Å²) in [5.74, 6) is -0.547. The Balaban J connectivity index is 2.49. The second-order valence-corrected chi connectivity index (χ2v) is 6.45. The maximum absolute atomic E-state index is 11.4. The Labute approximate surface area is 144 Å². The van der Waals surface area contributed by atoms with Gasteiger partial charge in [-0.05, 0) is 40.4 Å². The van der Waals surface area contributed by atoms with Gasteiger partial charge >= 0.3 is 5.97 Å². The van der Waals surface area contributed by atoms with E-state index in [1.165, 1.54) is 17.8 Å². The molecule has 0 bridgehead atoms. The van der Waals surface area contributed by atoms with Crippen LogP contribution in [-0.2, 0) is 0 Å². The van der Waals surface area contributed by atoms with Gasteiger partial charge in [-0.15, -0.1) is 11.8 Å². The molecule has 0 unspecified atom stereocenters. The number of carbonyl (C=O) groups is 1. The van der Waals surface area contributed by atoms with Crippen LogP contribution in [0.25, 0.3) is 0 Å². The van der Waals surface area contributed by atoms with E-state index in [-0.39, 0.29) is 11.3 Å². The van der Waals surface area contributed by atoms with Crippen molar-refractivity contribution in [1.29, 1.82) is 0 Å². The minimum Gasteiger partial charge on any atom is -0.478 e. The molecule has 0 radical (unpaired) electrons. The number of hydrogen-bond acceptors (Lipinski definition) is 3. The van der Waals surface area contributed by atoms with E-state index >= 15 is 0 Å². The van der Waals surface area contributed by atoms with Crippen LogP contribution in [0.3, 0.4) is 0 Å². The number of ether oxygens (including phenoxy) is 1. The Hall–Kier alpha value is -0.880. The van der Waals surface area contributed by atoms with Crippen LogP contribution in [0.1, 0.15) is 10.4 Å². The van der Waals surface area contributed by atoms with Crippen LogP contribution in [0.5, 0.6) is 11.5 Å². The zero-order valence-electron chi connectivity index (χ0n) is 10.7. The van der Waals surface area contributed by atoms with E-state index < -0.39 is 5.97 Å². The zero-order valence-corrected chi connectivity index (χ0v) is 14.6. The molecule has 0 aromatic heterocycles. The SMILES string of the molecule is CSc1cccc(Oc2cc(Cl)c(Br)cc2Cl)c1C(=O)O. The fourth-order valence-corrected chi connectivity index (χ4v) is 3.12. The smallest absolute Gasteiger partial charge is 0.340 e. The first-order valence-electron chi connectivity index (χ1n) is 5.66. The molecule has 0 aliphatic heterocycles. The van der Waals surface area contributed by atoms with Crippen molar-refractivity contribution in [2.75, 3.05) is 6.26 Å². The minimum absolute atomic E-state index is 0.0973. The van der Waals surface area contributed by atoms with Crippen molar-refractivity contribution >= 4 is 56.9 Å². The molecule has 0 saturated carbocycles. The average Bonchev–Trinajstić information content (AvgIpc) is 2.44. The summed E-state index contributed by atoms with van der Waals surface area (Å²) in [5, 5.41) is 10.1. The standard InChI is InChI=1S/C14H9BrCl2O3S/c1-21-12-4-2-3-10(13(12)14(18)19)20-11-6-8(16)7(15)5-9(11)17/h2-6H,1H3,(H,18,19). The number of benzene rings is 2. The van der Waals surface area contributed by atoms with Crippen molar-refractivity contribution in [3.05, 3.63) is 50.4 Å². The number of thioether (sulfide) groups is 1. The molecule has 0 saturated heterocycles. The van der Waals surface area contributed by atoms with Crippen LogP contribution in [0.4, 0.5) is 0 Å². The van der Waals surface area contributed by atoms with Crippen molar-refractivity contribution in [3.8, 4) is 11.5 Å². The molecule has 21 heavy (non-hydrogen) atoms. The maximum Gasteiger partial charge on any atom is 0.340 e. The number of aromatic carboxylic acids is 1. The maximum atomic E-state index is 11.4. The summed E-state index contributed by atoms with van der Waals surface area (Å²) in [6.07, 6.45) is 1.80. The number of hydrogen-bond donors (Lipinski definition) is 1. The lowest BCUT2D eigenvalue weighted by Crippen LogP contribution is -2.02. The normalized spacial score (nSPS) is 10.5. The van der Waals surface area contributed by atoms with Gasteiger partial charge in [0.2, 0.25) is 0 Å². The largest absolute Gasteiger partial charge is 0.478 e. The predicted octanol–water partition coefficient (Wildman–Crippen LogP) is 5.97. The molecule has 0 spiro atoms. The molecule has 0 aliphatic carbocycles. The fraction of sp³-hybridized carbons (Fsp3) is 0.0714. The number of rotatable bonds is 4. The highest BCUT2D eigenvalue weighted by atomic mass is 79.9. The minimum atomic E-state index is -1.06. The summed E-state index contributed by atoms with van der Waals surface area (Å²) in [5.41, 5.74) is 0.0973. The van der Waals surface area contributed by atoms with E-state index in [1.807, 2.05) is 0 Å². The lowest BCUT2D eigenvalue weighted by atomic mass is 10.2. The number of carboxylic acids is 1. The van der Waals surface area contributed by atoms with E-state index in [1.54, 1.807) is 30.5 Å². The van der Waals surface area contributed by atoms with Crippen LogP contribution >= 0.6 is 50.9 Å². The van der Waals surface area contributed by atoms with E-state index in [0.29, 0.717) is 25.2 Å². The number of carboxylic acid groups (broad SMARTS) is 1. The van der Waals surface area contributed by atoms with Crippen molar-refractivity contribution in [2.45, 2.75) is 4.90 Å². The quantitative estimate of drug-likeness (QED) is 0.501. The Morgan fingerprint density at radius 1 is 1.24 bits per heavy atom. The first-order chi connectivity index (χ1) is 9.93. The monoisotopic (exact) mass is 406 g/mol. The highest BCUT2D eigenvalue weighted by Gasteiger charge is 2.18. The summed E-state index contributed by atoms with van der Waals surface area (Å²) >= 11 is 16.7. The molecule has 0 aliphatic rings. The molecule has 0 heterocycles. The second-order valence-electron chi connectivity index (χ2n) is 3.94. The third-order valence-corrected chi connectivity index (χ3v) is 4.89. The summed E-state index contributed by atoms with van der Waals surface area (Å²) in [4.78, 5) is 12.0. The first-order valence-corrected chi connectivity index (χ1v) is 8.44. The van der Waals surface area contributed by atoms with Gasteiger partial charge in [0.25, 0.3) is 0 Å². The molecule has 110 valence electrons. The van der Waals surface area contributed by atoms with Crippen molar-refractivity contribution in [1.82, 2.24) is 0 Å². The van der Waals surface area contributed by atoms with Crippen molar-refractivity contribution in [3.63, 3.8) is 0 Å². The third kappa shape index (κ3) is 3.66. The first kappa shape index (κ1) is 16.5. The molecule has 2 rings (SSSR count). The van der Waals surface area contributed by atoms with E-state index in [2.05, 4.69) is 15.9 Å². The fourth-order valence-electron chi connectivity index (χ4n) is 1.68. The molecule has 3 nitrogen and oxygen atoms in total. The second kappa shape index (κ2) is 6.92. The van der Waals surface area contributed by atoms with Gasteiger partial charge in [-0.25, -0.2) is 4.79 Å². The van der Waals surface area contributed by atoms with Gasteiger partial charge in [-0.2, -0.15) is 0 Å². The summed E-state index contributed by atoms with van der Waals surface area (Å²) in [6.45, 7) is 0. The van der Waals surface area contributed by atoms with Gasteiger partial charge in [0, 0.05) is 15.4 Å². The predicted molar refractivity (Wildman–Crippen MR) is 89.4 cm³/mol. The van der Waals surface area contributed by atoms with Crippen LogP contribution in [-0.4, -0.2) is 17.3 Å². The van der Waals surface area contributed by atoms with Crippen LogP contribution in [0.2, 0.25) is 10.0 Å². The van der Waals surface area contributed by atoms with Gasteiger partial charge < -0.3 is 9.84 Å². The van der Waals surface area contributed by atoms with Gasteiger partial charge in [-0.1, -0.05) is 29.3 Å². The molecule has 2 aromatic carbocycles. The van der Waals surface area contributed by atoms with E-state index in [0.717, 1.165) is 0 Å². The average molecular weight is 408 g/mol. The van der Waals surface area contributed by atoms with Crippen molar-refractivity contribution < 1.29 is 14.6 Å². The highest BCUT2D eigenvalue weighted by molar-refractivity contribution is 9.10. The third-order valence-electron chi connectivity index (χ3n) is 2.62. The van der Waals surface area contributed by atoms with Crippen LogP contribution in [0, 0.1) is 0 Å². The van der Waals surface area contributed by atoms with E-state index in [9.17, 15) is 9.90 Å². The number of halogens is 3. The van der Waals surface area contributed by atoms with Crippen LogP contribution < -0.4 is 4.74 Å². The van der Waals surface area contributed by atoms with E-state index in [4.69, 9.17) is 27.9 Å². The summed E-state index contributed by atoms with van der Waals surface area (Å²) in [6, 6.07) is 8.15. The Kier molecular flexibility index (Phi) is 5.43. The Morgan fingerprint density at radius 2 is 1.95 bits per heavy atom. The Bertz CT molecular complexity index is 707. The van der Waals surface area contributed by atoms with Crippen molar-refractivity contribution in [2.24, 2.45) is 0 Å². The topological polar surface area (TPSA) is 46.5 Å². The van der Waals surface area contributed by atoms with Gasteiger partial charge in [-0.3, -0.25) is 0 Å². The molecular formula is C14H9BrCl2O3S. The van der Waals surface area contributed by atoms with Crippen LogP contribution in [0.15, 0.2) is 39.7 Å².